The molecule has 1 unspecified atom stereocenters. The largest absolute Gasteiger partial charge is 0.389 e. The van der Waals surface area contributed by atoms with E-state index in [0.29, 0.717) is 18.6 Å². The van der Waals surface area contributed by atoms with Crippen molar-refractivity contribution in [2.75, 3.05) is 26.3 Å². The van der Waals surface area contributed by atoms with Gasteiger partial charge >= 0.3 is 0 Å². The minimum atomic E-state index is -0.368. The molecule has 0 saturated heterocycles. The Labute approximate surface area is 112 Å². The Morgan fingerprint density at radius 1 is 1.33 bits per heavy atom. The Bertz CT molecular complexity index is 215. The summed E-state index contributed by atoms with van der Waals surface area (Å²) in [6.07, 6.45) is 5.93. The summed E-state index contributed by atoms with van der Waals surface area (Å²) >= 11 is 0. The van der Waals surface area contributed by atoms with Crippen LogP contribution >= 0.6 is 0 Å². The molecule has 108 valence electrons. The molecule has 0 aromatic heterocycles. The van der Waals surface area contributed by atoms with Crippen LogP contribution in [0.25, 0.3) is 0 Å². The Hall–Kier alpha value is -0.120. The van der Waals surface area contributed by atoms with Crippen molar-refractivity contribution in [1.82, 2.24) is 5.32 Å². The Morgan fingerprint density at radius 3 is 2.61 bits per heavy atom. The van der Waals surface area contributed by atoms with Crippen molar-refractivity contribution in [3.8, 4) is 0 Å². The first-order valence-electron chi connectivity index (χ1n) is 7.48. The lowest BCUT2D eigenvalue weighted by Crippen LogP contribution is -2.41. The fourth-order valence-corrected chi connectivity index (χ4v) is 2.37. The van der Waals surface area contributed by atoms with Crippen LogP contribution in [0.4, 0.5) is 0 Å². The maximum Gasteiger partial charge on any atom is 0.0897 e. The molecule has 1 aliphatic rings. The number of aliphatic hydroxyl groups excluding tert-OH is 1. The molecule has 1 aliphatic carbocycles. The van der Waals surface area contributed by atoms with Crippen LogP contribution < -0.4 is 5.32 Å². The first-order chi connectivity index (χ1) is 8.52. The lowest BCUT2D eigenvalue weighted by Gasteiger charge is -2.38. The van der Waals surface area contributed by atoms with Crippen molar-refractivity contribution in [1.29, 1.82) is 0 Å². The van der Waals surface area contributed by atoms with E-state index in [2.05, 4.69) is 26.1 Å². The van der Waals surface area contributed by atoms with Gasteiger partial charge in [-0.2, -0.15) is 0 Å². The van der Waals surface area contributed by atoms with Gasteiger partial charge in [-0.25, -0.2) is 0 Å². The second-order valence-corrected chi connectivity index (χ2v) is 6.56. The average molecular weight is 257 g/mol. The van der Waals surface area contributed by atoms with Crippen LogP contribution in [0, 0.1) is 11.3 Å². The third kappa shape index (κ3) is 6.72. The van der Waals surface area contributed by atoms with Crippen LogP contribution in [-0.2, 0) is 4.74 Å². The summed E-state index contributed by atoms with van der Waals surface area (Å²) in [6.45, 7) is 9.67. The number of rotatable bonds is 10. The summed E-state index contributed by atoms with van der Waals surface area (Å²) in [4.78, 5) is 0. The van der Waals surface area contributed by atoms with Crippen LogP contribution in [0.15, 0.2) is 0 Å². The molecule has 18 heavy (non-hydrogen) atoms. The van der Waals surface area contributed by atoms with Gasteiger partial charge in [0.15, 0.2) is 0 Å². The predicted octanol–water partition coefficient (Wildman–Crippen LogP) is 2.58. The lowest BCUT2D eigenvalue weighted by molar-refractivity contribution is 0.0318. The molecular weight excluding hydrogens is 226 g/mol. The average Bonchev–Trinajstić information content (AvgIpc) is 2.26. The first-order valence-corrected chi connectivity index (χ1v) is 7.48. The predicted molar refractivity (Wildman–Crippen MR) is 75.7 cm³/mol. The second-order valence-electron chi connectivity index (χ2n) is 6.56. The monoisotopic (exact) mass is 257 g/mol. The molecule has 0 bridgehead atoms. The zero-order valence-corrected chi connectivity index (χ0v) is 12.4. The molecule has 0 aliphatic heterocycles. The zero-order chi connectivity index (χ0) is 13.4. The van der Waals surface area contributed by atoms with Crippen LogP contribution in [-0.4, -0.2) is 37.5 Å². The van der Waals surface area contributed by atoms with Crippen LogP contribution in [0.5, 0.6) is 0 Å². The first kappa shape index (κ1) is 15.9. The lowest BCUT2D eigenvalue weighted by atomic mass is 9.70. The summed E-state index contributed by atoms with van der Waals surface area (Å²) in [5.41, 5.74) is 0.484. The molecule has 3 nitrogen and oxygen atoms in total. The molecule has 1 rings (SSSR count). The molecule has 1 fully saturated rings. The molecule has 0 radical (unpaired) electrons. The van der Waals surface area contributed by atoms with E-state index in [1.807, 2.05) is 0 Å². The van der Waals surface area contributed by atoms with Crippen molar-refractivity contribution in [3.05, 3.63) is 0 Å². The van der Waals surface area contributed by atoms with Crippen LogP contribution in [0.3, 0.4) is 0 Å². The Morgan fingerprint density at radius 2 is 2.06 bits per heavy atom. The molecule has 0 spiro atoms. The maximum atomic E-state index is 9.76. The quantitative estimate of drug-likeness (QED) is 0.591. The van der Waals surface area contributed by atoms with E-state index in [0.717, 1.165) is 25.5 Å². The van der Waals surface area contributed by atoms with E-state index in [4.69, 9.17) is 4.74 Å². The standard InChI is InChI=1S/C15H31NO2/c1-13(2)6-4-9-18-11-14(17)10-16-12-15(3)7-5-8-15/h13-14,16-17H,4-12H2,1-3H3. The van der Waals surface area contributed by atoms with E-state index >= 15 is 0 Å². The molecule has 0 aromatic carbocycles. The van der Waals surface area contributed by atoms with Gasteiger partial charge in [-0.05, 0) is 37.0 Å². The third-order valence-corrected chi connectivity index (χ3v) is 3.87. The number of hydrogen-bond donors (Lipinski definition) is 2. The Kier molecular flexibility index (Phi) is 7.20. The number of aliphatic hydroxyl groups is 1. The minimum absolute atomic E-state index is 0.368. The van der Waals surface area contributed by atoms with Crippen LogP contribution in [0.1, 0.15) is 52.9 Å². The third-order valence-electron chi connectivity index (χ3n) is 3.87. The van der Waals surface area contributed by atoms with Gasteiger partial charge < -0.3 is 15.2 Å². The van der Waals surface area contributed by atoms with Gasteiger partial charge in [-0.3, -0.25) is 0 Å². The highest BCUT2D eigenvalue weighted by atomic mass is 16.5. The molecule has 1 atom stereocenters. The minimum Gasteiger partial charge on any atom is -0.389 e. The van der Waals surface area contributed by atoms with Gasteiger partial charge in [-0.1, -0.05) is 27.2 Å². The van der Waals surface area contributed by atoms with Gasteiger partial charge in [0.25, 0.3) is 0 Å². The molecule has 3 heteroatoms. The van der Waals surface area contributed by atoms with E-state index in [1.54, 1.807) is 0 Å². The zero-order valence-electron chi connectivity index (χ0n) is 12.4. The Balaban J connectivity index is 1.89. The number of nitrogens with one attached hydrogen (secondary N) is 1. The fourth-order valence-electron chi connectivity index (χ4n) is 2.37. The van der Waals surface area contributed by atoms with Gasteiger partial charge in [0.2, 0.25) is 0 Å². The van der Waals surface area contributed by atoms with Gasteiger partial charge in [0, 0.05) is 19.7 Å². The summed E-state index contributed by atoms with van der Waals surface area (Å²) < 4.78 is 5.48. The van der Waals surface area contributed by atoms with E-state index in [1.165, 1.54) is 25.7 Å². The number of ether oxygens (including phenoxy) is 1. The molecule has 0 heterocycles. The molecule has 0 aromatic rings. The maximum absolute atomic E-state index is 9.76. The molecule has 0 amide bonds. The van der Waals surface area contributed by atoms with Crippen molar-refractivity contribution in [2.45, 2.75) is 59.0 Å². The van der Waals surface area contributed by atoms with Gasteiger partial charge in [-0.15, -0.1) is 0 Å². The fraction of sp³-hybridized carbons (Fsp3) is 1.00. The summed E-state index contributed by atoms with van der Waals surface area (Å²) in [5, 5.41) is 13.1. The van der Waals surface area contributed by atoms with Crippen molar-refractivity contribution >= 4 is 0 Å². The van der Waals surface area contributed by atoms with Crippen LogP contribution in [0.2, 0.25) is 0 Å². The molecule has 1 saturated carbocycles. The van der Waals surface area contributed by atoms with E-state index < -0.39 is 0 Å². The number of hydrogen-bond acceptors (Lipinski definition) is 3. The van der Waals surface area contributed by atoms with Crippen molar-refractivity contribution in [2.24, 2.45) is 11.3 Å². The highest BCUT2D eigenvalue weighted by Gasteiger charge is 2.31. The highest BCUT2D eigenvalue weighted by Crippen LogP contribution is 2.39. The smallest absolute Gasteiger partial charge is 0.0897 e. The van der Waals surface area contributed by atoms with Crippen molar-refractivity contribution in [3.63, 3.8) is 0 Å². The summed E-state index contributed by atoms with van der Waals surface area (Å²) in [6, 6.07) is 0. The topological polar surface area (TPSA) is 41.5 Å². The summed E-state index contributed by atoms with van der Waals surface area (Å²) in [5.74, 6) is 0.739. The van der Waals surface area contributed by atoms with E-state index in [9.17, 15) is 5.11 Å². The highest BCUT2D eigenvalue weighted by molar-refractivity contribution is 4.85. The SMILES string of the molecule is CC(C)CCCOCC(O)CNCC1(C)CCC1. The summed E-state index contributed by atoms with van der Waals surface area (Å²) in [7, 11) is 0. The molecular formula is C15H31NO2. The normalized spacial score (nSPS) is 19.8. The molecule has 2 N–H and O–H groups in total. The van der Waals surface area contributed by atoms with Gasteiger partial charge in [0.05, 0.1) is 12.7 Å². The van der Waals surface area contributed by atoms with Gasteiger partial charge in [0.1, 0.15) is 0 Å². The second kappa shape index (κ2) is 8.13. The van der Waals surface area contributed by atoms with Crippen molar-refractivity contribution < 1.29 is 9.84 Å². The van der Waals surface area contributed by atoms with E-state index in [-0.39, 0.29) is 6.10 Å².